The van der Waals surface area contributed by atoms with E-state index < -0.39 is 5.60 Å². The van der Waals surface area contributed by atoms with Crippen LogP contribution in [0.25, 0.3) is 0 Å². The highest BCUT2D eigenvalue weighted by molar-refractivity contribution is 4.99. The van der Waals surface area contributed by atoms with Gasteiger partial charge < -0.3 is 10.8 Å². The van der Waals surface area contributed by atoms with E-state index in [0.29, 0.717) is 12.6 Å². The molecule has 2 unspecified atom stereocenters. The summed E-state index contributed by atoms with van der Waals surface area (Å²) in [7, 11) is 0. The Morgan fingerprint density at radius 3 is 3.09 bits per heavy atom. The van der Waals surface area contributed by atoms with Crippen LogP contribution in [0.5, 0.6) is 0 Å². The van der Waals surface area contributed by atoms with Gasteiger partial charge in [-0.15, -0.1) is 0 Å². The average molecular weight is 156 g/mol. The zero-order chi connectivity index (χ0) is 7.90. The zero-order valence-corrected chi connectivity index (χ0v) is 6.79. The van der Waals surface area contributed by atoms with E-state index >= 15 is 0 Å². The highest BCUT2D eigenvalue weighted by Gasteiger charge is 2.43. The van der Waals surface area contributed by atoms with Crippen molar-refractivity contribution in [2.24, 2.45) is 5.73 Å². The van der Waals surface area contributed by atoms with Crippen LogP contribution in [0.2, 0.25) is 0 Å². The molecule has 0 radical (unpaired) electrons. The van der Waals surface area contributed by atoms with Crippen molar-refractivity contribution >= 4 is 0 Å². The molecular formula is C8H16N2O. The molecule has 0 amide bonds. The number of aliphatic hydroxyl groups is 1. The van der Waals surface area contributed by atoms with Gasteiger partial charge in [0.1, 0.15) is 0 Å². The minimum absolute atomic E-state index is 0.417. The summed E-state index contributed by atoms with van der Waals surface area (Å²) < 4.78 is 0. The lowest BCUT2D eigenvalue weighted by Gasteiger charge is -2.20. The minimum Gasteiger partial charge on any atom is -0.387 e. The molecule has 64 valence electrons. The van der Waals surface area contributed by atoms with E-state index in [2.05, 4.69) is 4.90 Å². The van der Waals surface area contributed by atoms with E-state index in [1.807, 2.05) is 0 Å². The van der Waals surface area contributed by atoms with Crippen LogP contribution in [-0.4, -0.2) is 41.3 Å². The molecule has 0 saturated carbocycles. The fraction of sp³-hybridized carbons (Fsp3) is 1.00. The van der Waals surface area contributed by atoms with Crippen molar-refractivity contribution in [2.75, 3.05) is 19.6 Å². The number of rotatable bonds is 1. The number of nitrogens with zero attached hydrogens (tertiary/aromatic N) is 1. The van der Waals surface area contributed by atoms with Crippen LogP contribution in [0.1, 0.15) is 19.3 Å². The molecule has 0 aromatic heterocycles. The van der Waals surface area contributed by atoms with Gasteiger partial charge >= 0.3 is 0 Å². The number of nitrogens with two attached hydrogens (primary N) is 1. The van der Waals surface area contributed by atoms with Gasteiger partial charge in [-0.1, -0.05) is 0 Å². The molecule has 0 aromatic rings. The van der Waals surface area contributed by atoms with E-state index in [-0.39, 0.29) is 0 Å². The van der Waals surface area contributed by atoms with Crippen LogP contribution in [-0.2, 0) is 0 Å². The van der Waals surface area contributed by atoms with E-state index in [4.69, 9.17) is 5.73 Å². The minimum atomic E-state index is -0.564. The van der Waals surface area contributed by atoms with Crippen LogP contribution in [0, 0.1) is 0 Å². The quantitative estimate of drug-likeness (QED) is 0.540. The molecule has 0 spiro atoms. The number of fused-ring (bicyclic) bond motifs is 1. The molecule has 0 bridgehead atoms. The van der Waals surface area contributed by atoms with Gasteiger partial charge in [0.25, 0.3) is 0 Å². The summed E-state index contributed by atoms with van der Waals surface area (Å²) in [6, 6.07) is 0.628. The van der Waals surface area contributed by atoms with E-state index in [1.165, 1.54) is 12.8 Å². The third-order valence-corrected chi connectivity index (χ3v) is 2.99. The van der Waals surface area contributed by atoms with Crippen molar-refractivity contribution < 1.29 is 5.11 Å². The van der Waals surface area contributed by atoms with E-state index in [1.54, 1.807) is 0 Å². The molecule has 2 atom stereocenters. The summed E-state index contributed by atoms with van der Waals surface area (Å²) in [6.07, 6.45) is 3.44. The van der Waals surface area contributed by atoms with Crippen molar-refractivity contribution in [2.45, 2.75) is 30.9 Å². The molecule has 2 fully saturated rings. The predicted molar refractivity (Wildman–Crippen MR) is 43.2 cm³/mol. The molecule has 11 heavy (non-hydrogen) atoms. The summed E-state index contributed by atoms with van der Waals surface area (Å²) in [5.41, 5.74) is 4.93. The summed E-state index contributed by atoms with van der Waals surface area (Å²) in [4.78, 5) is 2.37. The normalized spacial score (nSPS) is 44.7. The van der Waals surface area contributed by atoms with Gasteiger partial charge in [-0.3, -0.25) is 4.90 Å². The van der Waals surface area contributed by atoms with Crippen LogP contribution < -0.4 is 5.73 Å². The van der Waals surface area contributed by atoms with Crippen molar-refractivity contribution in [1.82, 2.24) is 4.90 Å². The Morgan fingerprint density at radius 2 is 2.45 bits per heavy atom. The molecule has 2 saturated heterocycles. The Morgan fingerprint density at radius 1 is 1.64 bits per heavy atom. The lowest BCUT2D eigenvalue weighted by atomic mass is 9.99. The SMILES string of the molecule is NCC1(O)CC2CCCN2C1. The Hall–Kier alpha value is -0.120. The smallest absolute Gasteiger partial charge is 0.0910 e. The van der Waals surface area contributed by atoms with Crippen molar-refractivity contribution in [3.8, 4) is 0 Å². The maximum Gasteiger partial charge on any atom is 0.0910 e. The molecule has 2 aliphatic rings. The molecule has 3 nitrogen and oxygen atoms in total. The maximum absolute atomic E-state index is 9.84. The standard InChI is InChI=1S/C8H16N2O/c9-5-8(11)4-7-2-1-3-10(7)6-8/h7,11H,1-6,9H2. The Kier molecular flexibility index (Phi) is 1.67. The fourth-order valence-corrected chi connectivity index (χ4v) is 2.36. The molecule has 2 rings (SSSR count). The second kappa shape index (κ2) is 2.44. The fourth-order valence-electron chi connectivity index (χ4n) is 2.36. The Labute approximate surface area is 67.2 Å². The molecule has 2 aliphatic heterocycles. The monoisotopic (exact) mass is 156 g/mol. The molecule has 0 aromatic carbocycles. The van der Waals surface area contributed by atoms with Gasteiger partial charge in [0.05, 0.1) is 5.60 Å². The van der Waals surface area contributed by atoms with Gasteiger partial charge in [0, 0.05) is 19.1 Å². The first kappa shape index (κ1) is 7.53. The van der Waals surface area contributed by atoms with Crippen LogP contribution in [0.15, 0.2) is 0 Å². The number of hydrogen-bond donors (Lipinski definition) is 2. The third kappa shape index (κ3) is 1.17. The largest absolute Gasteiger partial charge is 0.387 e. The van der Waals surface area contributed by atoms with Crippen molar-refractivity contribution in [1.29, 1.82) is 0 Å². The lowest BCUT2D eigenvalue weighted by molar-refractivity contribution is 0.0572. The Bertz CT molecular complexity index is 148. The second-order valence-electron chi connectivity index (χ2n) is 3.90. The lowest BCUT2D eigenvalue weighted by Crippen LogP contribution is -2.40. The predicted octanol–water partition coefficient (Wildman–Crippen LogP) is -0.456. The highest BCUT2D eigenvalue weighted by Crippen LogP contribution is 2.33. The summed E-state index contributed by atoms with van der Waals surface area (Å²) in [5, 5.41) is 9.84. The Balaban J connectivity index is 2.04. The molecule has 3 heteroatoms. The van der Waals surface area contributed by atoms with Gasteiger partial charge in [-0.05, 0) is 25.8 Å². The van der Waals surface area contributed by atoms with E-state index in [9.17, 15) is 5.11 Å². The molecule has 3 N–H and O–H groups in total. The van der Waals surface area contributed by atoms with Gasteiger partial charge in [0.15, 0.2) is 0 Å². The average Bonchev–Trinajstić information content (AvgIpc) is 2.46. The van der Waals surface area contributed by atoms with Crippen LogP contribution in [0.4, 0.5) is 0 Å². The first-order valence-corrected chi connectivity index (χ1v) is 4.40. The number of hydrogen-bond acceptors (Lipinski definition) is 3. The zero-order valence-electron chi connectivity index (χ0n) is 6.79. The summed E-state index contributed by atoms with van der Waals surface area (Å²) in [6.45, 7) is 2.38. The maximum atomic E-state index is 9.84. The van der Waals surface area contributed by atoms with Gasteiger partial charge in [0.2, 0.25) is 0 Å². The summed E-state index contributed by atoms with van der Waals surface area (Å²) >= 11 is 0. The molecule has 2 heterocycles. The molecular weight excluding hydrogens is 140 g/mol. The van der Waals surface area contributed by atoms with Gasteiger partial charge in [-0.25, -0.2) is 0 Å². The van der Waals surface area contributed by atoms with Crippen molar-refractivity contribution in [3.63, 3.8) is 0 Å². The van der Waals surface area contributed by atoms with E-state index in [0.717, 1.165) is 19.5 Å². The third-order valence-electron chi connectivity index (χ3n) is 2.99. The van der Waals surface area contributed by atoms with Gasteiger partial charge in [-0.2, -0.15) is 0 Å². The second-order valence-corrected chi connectivity index (χ2v) is 3.90. The van der Waals surface area contributed by atoms with Crippen LogP contribution >= 0.6 is 0 Å². The molecule has 0 aliphatic carbocycles. The van der Waals surface area contributed by atoms with Crippen LogP contribution in [0.3, 0.4) is 0 Å². The van der Waals surface area contributed by atoms with Crippen molar-refractivity contribution in [3.05, 3.63) is 0 Å². The summed E-state index contributed by atoms with van der Waals surface area (Å²) in [5.74, 6) is 0. The first-order chi connectivity index (χ1) is 5.23. The first-order valence-electron chi connectivity index (χ1n) is 4.40. The highest BCUT2D eigenvalue weighted by atomic mass is 16.3. The topological polar surface area (TPSA) is 49.5 Å².